The third kappa shape index (κ3) is 6.58. The van der Waals surface area contributed by atoms with Gasteiger partial charge in [0, 0.05) is 53.6 Å². The standard InChI is InChI=1S/C60H40N2S/c1-4-15-41(16-5-1)44-27-31-48(32-28-44)61(50-33-34-53-52-24-11-13-26-59(52)63-60(53)40-50)49-22-14-21-47(37-49)51-23-10-12-25-56(51)62-57-35-29-45(42-17-6-2-7-18-42)38-54(57)55-39-46(30-36-58(55)62)43-19-8-3-9-20-43/h1-40H. The van der Waals surface area contributed by atoms with Crippen LogP contribution in [0.25, 0.3) is 92.2 Å². The average Bonchev–Trinajstić information content (AvgIpc) is 3.90. The first-order valence-corrected chi connectivity index (χ1v) is 22.3. The minimum absolute atomic E-state index is 1.09. The molecule has 0 saturated carbocycles. The molecule has 3 heteroatoms. The molecule has 0 amide bonds. The number of rotatable bonds is 8. The minimum Gasteiger partial charge on any atom is -0.310 e. The molecule has 0 fully saturated rings. The van der Waals surface area contributed by atoms with Crippen LogP contribution in [0.5, 0.6) is 0 Å². The SMILES string of the molecule is c1ccc(-c2ccc(N(c3cccc(-c4ccccc4-n4c5ccc(-c6ccccc6)cc5c5cc(-c6ccccc6)ccc54)c3)c3ccc4c(c3)sc3ccccc34)cc2)cc1. The number of anilines is 3. The van der Waals surface area contributed by atoms with Crippen LogP contribution in [0.15, 0.2) is 243 Å². The molecule has 0 aliphatic carbocycles. The van der Waals surface area contributed by atoms with Gasteiger partial charge in [0.15, 0.2) is 0 Å². The summed E-state index contributed by atoms with van der Waals surface area (Å²) in [6, 6.07) is 88.4. The van der Waals surface area contributed by atoms with Gasteiger partial charge in [-0.2, -0.15) is 0 Å². The first-order chi connectivity index (χ1) is 31.2. The van der Waals surface area contributed by atoms with Crippen molar-refractivity contribution in [2.75, 3.05) is 4.90 Å². The molecule has 2 aromatic heterocycles. The first-order valence-electron chi connectivity index (χ1n) is 21.5. The van der Waals surface area contributed by atoms with Crippen LogP contribution >= 0.6 is 11.3 Å². The maximum absolute atomic E-state index is 2.46. The van der Waals surface area contributed by atoms with Crippen LogP contribution in [0.2, 0.25) is 0 Å². The summed E-state index contributed by atoms with van der Waals surface area (Å²) in [5.41, 5.74) is 16.4. The number of aromatic nitrogens is 1. The number of hydrogen-bond donors (Lipinski definition) is 0. The van der Waals surface area contributed by atoms with E-state index in [1.165, 1.54) is 75.4 Å². The molecule has 0 unspecified atom stereocenters. The predicted molar refractivity (Wildman–Crippen MR) is 270 cm³/mol. The molecule has 12 aromatic rings. The molecule has 0 aliphatic heterocycles. The largest absolute Gasteiger partial charge is 0.310 e. The maximum Gasteiger partial charge on any atom is 0.0541 e. The van der Waals surface area contributed by atoms with Gasteiger partial charge in [-0.1, -0.05) is 170 Å². The molecule has 0 saturated heterocycles. The van der Waals surface area contributed by atoms with E-state index in [1.807, 2.05) is 11.3 Å². The van der Waals surface area contributed by atoms with Crippen LogP contribution < -0.4 is 4.90 Å². The van der Waals surface area contributed by atoms with E-state index in [0.717, 1.165) is 33.9 Å². The van der Waals surface area contributed by atoms with Gasteiger partial charge in [0.25, 0.3) is 0 Å². The molecule has 0 aliphatic rings. The highest BCUT2D eigenvalue weighted by molar-refractivity contribution is 7.25. The van der Waals surface area contributed by atoms with Crippen molar-refractivity contribution >= 4 is 70.4 Å². The number of fused-ring (bicyclic) bond motifs is 6. The van der Waals surface area contributed by atoms with Crippen molar-refractivity contribution in [3.63, 3.8) is 0 Å². The molecule has 0 N–H and O–H groups in total. The van der Waals surface area contributed by atoms with Gasteiger partial charge in [0.2, 0.25) is 0 Å². The fourth-order valence-electron chi connectivity index (χ4n) is 9.36. The zero-order valence-corrected chi connectivity index (χ0v) is 35.2. The smallest absolute Gasteiger partial charge is 0.0541 e. The Morgan fingerprint density at radius 3 is 1.44 bits per heavy atom. The lowest BCUT2D eigenvalue weighted by Gasteiger charge is -2.26. The van der Waals surface area contributed by atoms with Gasteiger partial charge in [0.1, 0.15) is 0 Å². The predicted octanol–water partition coefficient (Wildman–Crippen LogP) is 17.3. The summed E-state index contributed by atoms with van der Waals surface area (Å²) in [4.78, 5) is 2.40. The van der Waals surface area contributed by atoms with E-state index in [0.29, 0.717) is 0 Å². The van der Waals surface area contributed by atoms with E-state index in [4.69, 9.17) is 0 Å². The second-order valence-electron chi connectivity index (χ2n) is 16.1. The van der Waals surface area contributed by atoms with Crippen molar-refractivity contribution in [3.05, 3.63) is 243 Å². The Morgan fingerprint density at radius 2 is 0.778 bits per heavy atom. The summed E-state index contributed by atoms with van der Waals surface area (Å²) in [6.07, 6.45) is 0. The van der Waals surface area contributed by atoms with E-state index >= 15 is 0 Å². The summed E-state index contributed by atoms with van der Waals surface area (Å²) in [6.45, 7) is 0. The molecule has 63 heavy (non-hydrogen) atoms. The van der Waals surface area contributed by atoms with Crippen LogP contribution in [-0.4, -0.2) is 4.57 Å². The third-order valence-electron chi connectivity index (χ3n) is 12.4. The van der Waals surface area contributed by atoms with Gasteiger partial charge in [-0.05, 0) is 112 Å². The molecule has 2 nitrogen and oxygen atoms in total. The normalized spacial score (nSPS) is 11.5. The molecular weight excluding hydrogens is 781 g/mol. The molecule has 12 rings (SSSR count). The van der Waals surface area contributed by atoms with Gasteiger partial charge in [-0.3, -0.25) is 0 Å². The number of hydrogen-bond acceptors (Lipinski definition) is 2. The van der Waals surface area contributed by atoms with Gasteiger partial charge >= 0.3 is 0 Å². The van der Waals surface area contributed by atoms with E-state index in [-0.39, 0.29) is 0 Å². The van der Waals surface area contributed by atoms with Crippen molar-refractivity contribution in [2.24, 2.45) is 0 Å². The Labute approximate surface area is 370 Å². The van der Waals surface area contributed by atoms with E-state index in [9.17, 15) is 0 Å². The fourth-order valence-corrected chi connectivity index (χ4v) is 10.5. The van der Waals surface area contributed by atoms with E-state index in [2.05, 4.69) is 252 Å². The van der Waals surface area contributed by atoms with Crippen LogP contribution in [0.3, 0.4) is 0 Å². The monoisotopic (exact) mass is 820 g/mol. The molecular formula is C60H40N2S. The zero-order valence-electron chi connectivity index (χ0n) is 34.4. The fraction of sp³-hybridized carbons (Fsp3) is 0. The Morgan fingerprint density at radius 1 is 0.286 bits per heavy atom. The number of nitrogens with zero attached hydrogens (tertiary/aromatic N) is 2. The Bertz CT molecular complexity index is 3510. The van der Waals surface area contributed by atoms with Crippen LogP contribution in [0.4, 0.5) is 17.1 Å². The molecule has 296 valence electrons. The Hall–Kier alpha value is -7.98. The second kappa shape index (κ2) is 15.5. The highest BCUT2D eigenvalue weighted by atomic mass is 32.1. The lowest BCUT2D eigenvalue weighted by molar-refractivity contribution is 1.18. The summed E-state index contributed by atoms with van der Waals surface area (Å²) < 4.78 is 5.05. The van der Waals surface area contributed by atoms with Crippen molar-refractivity contribution in [1.29, 1.82) is 0 Å². The quantitative estimate of drug-likeness (QED) is 0.148. The number of thiophene rings is 1. The molecule has 2 heterocycles. The topological polar surface area (TPSA) is 8.17 Å². The highest BCUT2D eigenvalue weighted by Gasteiger charge is 2.20. The molecule has 0 atom stereocenters. The van der Waals surface area contributed by atoms with Crippen molar-refractivity contribution in [3.8, 4) is 50.2 Å². The van der Waals surface area contributed by atoms with Crippen LogP contribution in [0, 0.1) is 0 Å². The lowest BCUT2D eigenvalue weighted by atomic mass is 10.0. The second-order valence-corrected chi connectivity index (χ2v) is 17.2. The van der Waals surface area contributed by atoms with E-state index in [1.54, 1.807) is 0 Å². The summed E-state index contributed by atoms with van der Waals surface area (Å²) in [7, 11) is 0. The van der Waals surface area contributed by atoms with Crippen molar-refractivity contribution in [1.82, 2.24) is 4.57 Å². The van der Waals surface area contributed by atoms with Gasteiger partial charge < -0.3 is 9.47 Å². The average molecular weight is 821 g/mol. The number of benzene rings is 10. The van der Waals surface area contributed by atoms with Gasteiger partial charge in [-0.25, -0.2) is 0 Å². The lowest BCUT2D eigenvalue weighted by Crippen LogP contribution is -2.10. The molecule has 0 spiro atoms. The summed E-state index contributed by atoms with van der Waals surface area (Å²) >= 11 is 1.86. The van der Waals surface area contributed by atoms with Gasteiger partial charge in [0.05, 0.1) is 16.7 Å². The molecule has 0 bridgehead atoms. The van der Waals surface area contributed by atoms with Crippen molar-refractivity contribution in [2.45, 2.75) is 0 Å². The highest BCUT2D eigenvalue weighted by Crippen LogP contribution is 2.44. The summed E-state index contributed by atoms with van der Waals surface area (Å²) in [5, 5.41) is 5.06. The number of para-hydroxylation sites is 1. The van der Waals surface area contributed by atoms with Crippen LogP contribution in [-0.2, 0) is 0 Å². The first kappa shape index (κ1) is 36.8. The minimum atomic E-state index is 1.09. The van der Waals surface area contributed by atoms with Crippen molar-refractivity contribution < 1.29 is 0 Å². The maximum atomic E-state index is 2.46. The Balaban J connectivity index is 1.02. The zero-order chi connectivity index (χ0) is 41.7. The van der Waals surface area contributed by atoms with E-state index < -0.39 is 0 Å². The molecule has 10 aromatic carbocycles. The summed E-state index contributed by atoms with van der Waals surface area (Å²) in [5.74, 6) is 0. The molecule has 0 radical (unpaired) electrons. The Kier molecular flexibility index (Phi) is 9.06. The van der Waals surface area contributed by atoms with Crippen LogP contribution in [0.1, 0.15) is 0 Å². The van der Waals surface area contributed by atoms with Gasteiger partial charge in [-0.15, -0.1) is 11.3 Å². The third-order valence-corrected chi connectivity index (χ3v) is 13.5.